The van der Waals surface area contributed by atoms with Gasteiger partial charge in [-0.15, -0.1) is 5.10 Å². The molecular formula is C16H11ClN4S. The van der Waals surface area contributed by atoms with Crippen molar-refractivity contribution in [2.45, 2.75) is 10.9 Å². The third-order valence-corrected chi connectivity index (χ3v) is 4.31. The summed E-state index contributed by atoms with van der Waals surface area (Å²) < 4.78 is 0. The van der Waals surface area contributed by atoms with Crippen LogP contribution in [0.3, 0.4) is 0 Å². The summed E-state index contributed by atoms with van der Waals surface area (Å²) in [6.45, 7) is 0. The highest BCUT2D eigenvalue weighted by atomic mass is 35.5. The molecule has 0 fully saturated rings. The lowest BCUT2D eigenvalue weighted by molar-refractivity contribution is 0.973. The van der Waals surface area contributed by atoms with Crippen LogP contribution in [0, 0.1) is 11.3 Å². The Labute approximate surface area is 137 Å². The largest absolute Gasteiger partial charge is 0.258 e. The summed E-state index contributed by atoms with van der Waals surface area (Å²) in [5.41, 5.74) is 2.47. The summed E-state index contributed by atoms with van der Waals surface area (Å²) >= 11 is 7.63. The van der Waals surface area contributed by atoms with E-state index in [0.29, 0.717) is 27.3 Å². The van der Waals surface area contributed by atoms with E-state index in [9.17, 15) is 0 Å². The first-order valence-corrected chi connectivity index (χ1v) is 7.92. The number of nitriles is 1. The number of H-pyrrole nitrogens is 1. The van der Waals surface area contributed by atoms with E-state index in [0.717, 1.165) is 11.1 Å². The van der Waals surface area contributed by atoms with E-state index in [1.54, 1.807) is 0 Å². The van der Waals surface area contributed by atoms with E-state index in [1.165, 1.54) is 11.8 Å². The number of rotatable bonds is 4. The maximum atomic E-state index is 9.09. The minimum atomic E-state index is 0.627. The van der Waals surface area contributed by atoms with Gasteiger partial charge in [0.1, 0.15) is 0 Å². The average molecular weight is 327 g/mol. The third-order valence-electron chi connectivity index (χ3n) is 3.09. The second-order valence-electron chi connectivity index (χ2n) is 4.50. The minimum absolute atomic E-state index is 0.627. The molecule has 108 valence electrons. The van der Waals surface area contributed by atoms with Crippen molar-refractivity contribution in [2.24, 2.45) is 0 Å². The maximum Gasteiger partial charge on any atom is 0.209 e. The molecule has 0 spiro atoms. The maximum absolute atomic E-state index is 9.09. The highest BCUT2D eigenvalue weighted by Gasteiger charge is 2.10. The summed E-state index contributed by atoms with van der Waals surface area (Å²) in [6.07, 6.45) is 0. The molecule has 4 nitrogen and oxygen atoms in total. The number of aromatic nitrogens is 3. The van der Waals surface area contributed by atoms with Gasteiger partial charge in [-0.2, -0.15) is 5.26 Å². The van der Waals surface area contributed by atoms with Crippen molar-refractivity contribution in [1.29, 1.82) is 5.26 Å². The van der Waals surface area contributed by atoms with Gasteiger partial charge in [0.2, 0.25) is 5.16 Å². The predicted octanol–water partition coefficient (Wildman–Crippen LogP) is 4.29. The molecule has 1 aromatic heterocycles. The van der Waals surface area contributed by atoms with Gasteiger partial charge in [0.15, 0.2) is 5.82 Å². The molecule has 22 heavy (non-hydrogen) atoms. The fourth-order valence-corrected chi connectivity index (χ4v) is 3.01. The van der Waals surface area contributed by atoms with Crippen molar-refractivity contribution in [3.63, 3.8) is 0 Å². The van der Waals surface area contributed by atoms with Gasteiger partial charge in [0.05, 0.1) is 16.7 Å². The predicted molar refractivity (Wildman–Crippen MR) is 87.5 cm³/mol. The molecule has 0 saturated carbocycles. The van der Waals surface area contributed by atoms with E-state index in [2.05, 4.69) is 21.3 Å². The Hall–Kier alpha value is -2.29. The molecule has 1 N–H and O–H groups in total. The van der Waals surface area contributed by atoms with Gasteiger partial charge in [-0.25, -0.2) is 4.98 Å². The first-order chi connectivity index (χ1) is 10.8. The number of thioether (sulfide) groups is 1. The summed E-state index contributed by atoms with van der Waals surface area (Å²) in [6, 6.07) is 17.2. The second kappa shape index (κ2) is 6.65. The molecule has 6 heteroatoms. The molecule has 0 saturated heterocycles. The monoisotopic (exact) mass is 326 g/mol. The first kappa shape index (κ1) is 14.6. The zero-order valence-electron chi connectivity index (χ0n) is 11.5. The molecule has 0 radical (unpaired) electrons. The van der Waals surface area contributed by atoms with Crippen LogP contribution in [0.5, 0.6) is 0 Å². The zero-order valence-corrected chi connectivity index (χ0v) is 13.0. The first-order valence-electron chi connectivity index (χ1n) is 6.56. The van der Waals surface area contributed by atoms with Crippen molar-refractivity contribution in [3.05, 3.63) is 64.7 Å². The van der Waals surface area contributed by atoms with Crippen LogP contribution >= 0.6 is 23.4 Å². The normalized spacial score (nSPS) is 10.4. The Kier molecular flexibility index (Phi) is 4.42. The molecule has 0 aliphatic rings. The molecule has 1 heterocycles. The van der Waals surface area contributed by atoms with Gasteiger partial charge in [0.25, 0.3) is 0 Å². The summed E-state index contributed by atoms with van der Waals surface area (Å²) in [5.74, 6) is 1.28. The van der Waals surface area contributed by atoms with Crippen LogP contribution < -0.4 is 0 Å². The van der Waals surface area contributed by atoms with Gasteiger partial charge in [0, 0.05) is 11.3 Å². The van der Waals surface area contributed by atoms with Gasteiger partial charge >= 0.3 is 0 Å². The number of aromatic amines is 1. The molecule has 0 atom stereocenters. The summed E-state index contributed by atoms with van der Waals surface area (Å²) in [7, 11) is 0. The number of hydrogen-bond acceptors (Lipinski definition) is 4. The standard InChI is InChI=1S/C16H11ClN4S/c17-14-8-4-3-7-13(14)15-19-16(21-20-15)22-10-12-6-2-1-5-11(12)9-18/h1-8H,10H2,(H,19,20,21). The molecule has 2 aromatic carbocycles. The van der Waals surface area contributed by atoms with Crippen molar-refractivity contribution in [1.82, 2.24) is 15.2 Å². The average Bonchev–Trinajstić information content (AvgIpc) is 3.02. The fraction of sp³-hybridized carbons (Fsp3) is 0.0625. The summed E-state index contributed by atoms with van der Waals surface area (Å²) in [5, 5.41) is 17.4. The number of nitrogens with one attached hydrogen (secondary N) is 1. The van der Waals surface area contributed by atoms with Crippen molar-refractivity contribution in [2.75, 3.05) is 0 Å². The number of halogens is 1. The zero-order chi connectivity index (χ0) is 15.4. The fourth-order valence-electron chi connectivity index (χ4n) is 1.98. The molecule has 0 bridgehead atoms. The molecule has 0 amide bonds. The van der Waals surface area contributed by atoms with E-state index >= 15 is 0 Å². The Balaban J connectivity index is 1.76. The molecule has 0 unspecified atom stereocenters. The van der Waals surface area contributed by atoms with Gasteiger partial charge in [-0.1, -0.05) is 53.7 Å². The van der Waals surface area contributed by atoms with Crippen LogP contribution in [0.25, 0.3) is 11.4 Å². The third kappa shape index (κ3) is 3.14. The van der Waals surface area contributed by atoms with Crippen LogP contribution in [0.15, 0.2) is 53.7 Å². The van der Waals surface area contributed by atoms with E-state index in [-0.39, 0.29) is 0 Å². The molecule has 3 rings (SSSR count). The highest BCUT2D eigenvalue weighted by Crippen LogP contribution is 2.27. The van der Waals surface area contributed by atoms with Gasteiger partial charge in [-0.05, 0) is 23.8 Å². The Morgan fingerprint density at radius 1 is 1.14 bits per heavy atom. The Morgan fingerprint density at radius 3 is 2.73 bits per heavy atom. The SMILES string of the molecule is N#Cc1ccccc1CSc1n[nH]c(-c2ccccc2Cl)n1. The Morgan fingerprint density at radius 2 is 1.91 bits per heavy atom. The topological polar surface area (TPSA) is 65.4 Å². The molecular weight excluding hydrogens is 316 g/mol. The van der Waals surface area contributed by atoms with Crippen LogP contribution in [-0.4, -0.2) is 15.2 Å². The van der Waals surface area contributed by atoms with Gasteiger partial charge < -0.3 is 0 Å². The summed E-state index contributed by atoms with van der Waals surface area (Å²) in [4.78, 5) is 4.44. The van der Waals surface area contributed by atoms with Crippen LogP contribution in [0.2, 0.25) is 5.02 Å². The number of hydrogen-bond donors (Lipinski definition) is 1. The van der Waals surface area contributed by atoms with Crippen molar-refractivity contribution >= 4 is 23.4 Å². The van der Waals surface area contributed by atoms with Crippen LogP contribution in [-0.2, 0) is 5.75 Å². The smallest absolute Gasteiger partial charge is 0.209 e. The lowest BCUT2D eigenvalue weighted by Crippen LogP contribution is -1.87. The number of benzene rings is 2. The van der Waals surface area contributed by atoms with E-state index < -0.39 is 0 Å². The molecule has 3 aromatic rings. The van der Waals surface area contributed by atoms with Crippen molar-refractivity contribution < 1.29 is 0 Å². The van der Waals surface area contributed by atoms with Gasteiger partial charge in [-0.3, -0.25) is 5.10 Å². The van der Waals surface area contributed by atoms with Crippen molar-refractivity contribution in [3.8, 4) is 17.5 Å². The van der Waals surface area contributed by atoms with E-state index in [4.69, 9.17) is 16.9 Å². The lowest BCUT2D eigenvalue weighted by Gasteiger charge is -2.00. The van der Waals surface area contributed by atoms with Crippen LogP contribution in [0.4, 0.5) is 0 Å². The second-order valence-corrected chi connectivity index (χ2v) is 5.85. The lowest BCUT2D eigenvalue weighted by atomic mass is 10.1. The molecule has 0 aliphatic carbocycles. The number of nitrogens with zero attached hydrogens (tertiary/aromatic N) is 3. The molecule has 0 aliphatic heterocycles. The minimum Gasteiger partial charge on any atom is -0.258 e. The highest BCUT2D eigenvalue weighted by molar-refractivity contribution is 7.98. The van der Waals surface area contributed by atoms with E-state index in [1.807, 2.05) is 48.5 Å². The Bertz CT molecular complexity index is 838. The quantitative estimate of drug-likeness (QED) is 0.726. The van der Waals surface area contributed by atoms with Crippen LogP contribution in [0.1, 0.15) is 11.1 Å².